The summed E-state index contributed by atoms with van der Waals surface area (Å²) in [5, 5.41) is 0. The van der Waals surface area contributed by atoms with Gasteiger partial charge in [0, 0.05) is 9.79 Å². The highest BCUT2D eigenvalue weighted by Crippen LogP contribution is 2.22. The highest BCUT2D eigenvalue weighted by atomic mass is 32.2. The summed E-state index contributed by atoms with van der Waals surface area (Å²) in [6.07, 6.45) is 13.8. The minimum Gasteiger partial charge on any atom is -0.126 e. The summed E-state index contributed by atoms with van der Waals surface area (Å²) in [6, 6.07) is 26.4. The van der Waals surface area contributed by atoms with Crippen molar-refractivity contribution in [1.29, 1.82) is 0 Å². The SMILES string of the molecule is CCCCSc1ccc(/C=C/c2ccc(/C=C/c3ccc(SCCCC)cc3)cc2)cc1. The van der Waals surface area contributed by atoms with Gasteiger partial charge in [0.1, 0.15) is 0 Å². The first-order valence-electron chi connectivity index (χ1n) is 11.7. The van der Waals surface area contributed by atoms with E-state index in [2.05, 4.69) is 111 Å². The Bertz CT molecular complexity index is 882. The van der Waals surface area contributed by atoms with Gasteiger partial charge in [0.05, 0.1) is 0 Å². The third-order valence-corrected chi connectivity index (χ3v) is 7.36. The van der Waals surface area contributed by atoms with Crippen molar-refractivity contribution >= 4 is 47.8 Å². The smallest absolute Gasteiger partial charge is 0.00723 e. The van der Waals surface area contributed by atoms with E-state index in [4.69, 9.17) is 0 Å². The standard InChI is InChI=1S/C30H34S2/c1-3-5-23-31-29-19-15-27(16-20-29)13-11-25-7-9-26(10-8-25)12-14-28-17-21-30(22-18-28)32-24-6-4-2/h7-22H,3-6,23-24H2,1-2H3/b13-11+,14-12+. The van der Waals surface area contributed by atoms with Crippen LogP contribution in [0.5, 0.6) is 0 Å². The third kappa shape index (κ3) is 8.76. The topological polar surface area (TPSA) is 0 Å². The lowest BCUT2D eigenvalue weighted by Crippen LogP contribution is -1.80. The molecule has 0 aliphatic heterocycles. The van der Waals surface area contributed by atoms with Crippen LogP contribution in [-0.2, 0) is 0 Å². The molecule has 0 radical (unpaired) electrons. The molecule has 0 spiro atoms. The molecular formula is C30H34S2. The Morgan fingerprint density at radius 3 is 1.03 bits per heavy atom. The Hall–Kier alpha value is -2.16. The lowest BCUT2D eigenvalue weighted by Gasteiger charge is -2.02. The van der Waals surface area contributed by atoms with E-state index in [0.717, 1.165) is 0 Å². The third-order valence-electron chi connectivity index (χ3n) is 5.17. The van der Waals surface area contributed by atoms with Gasteiger partial charge in [-0.25, -0.2) is 0 Å². The molecule has 2 heteroatoms. The van der Waals surface area contributed by atoms with Crippen molar-refractivity contribution in [2.75, 3.05) is 11.5 Å². The van der Waals surface area contributed by atoms with Crippen LogP contribution in [0.3, 0.4) is 0 Å². The number of benzene rings is 3. The number of thioether (sulfide) groups is 2. The van der Waals surface area contributed by atoms with Gasteiger partial charge in [-0.2, -0.15) is 0 Å². The van der Waals surface area contributed by atoms with Crippen molar-refractivity contribution < 1.29 is 0 Å². The van der Waals surface area contributed by atoms with E-state index < -0.39 is 0 Å². The molecule has 0 saturated heterocycles. The van der Waals surface area contributed by atoms with E-state index in [1.165, 1.54) is 69.2 Å². The van der Waals surface area contributed by atoms with E-state index in [1.54, 1.807) is 0 Å². The highest BCUT2D eigenvalue weighted by Gasteiger charge is 1.96. The number of hydrogen-bond donors (Lipinski definition) is 0. The quantitative estimate of drug-likeness (QED) is 0.150. The zero-order valence-corrected chi connectivity index (χ0v) is 20.9. The van der Waals surface area contributed by atoms with Gasteiger partial charge < -0.3 is 0 Å². The summed E-state index contributed by atoms with van der Waals surface area (Å²) in [5.74, 6) is 2.41. The fourth-order valence-corrected chi connectivity index (χ4v) is 5.12. The zero-order valence-electron chi connectivity index (χ0n) is 19.3. The second-order valence-corrected chi connectivity index (χ2v) is 10.2. The first-order chi connectivity index (χ1) is 15.8. The predicted octanol–water partition coefficient (Wildman–Crippen LogP) is 9.81. The first-order valence-corrected chi connectivity index (χ1v) is 13.7. The minimum atomic E-state index is 1.20. The molecule has 0 atom stereocenters. The molecule has 0 unspecified atom stereocenters. The Morgan fingerprint density at radius 2 is 0.750 bits per heavy atom. The Labute approximate surface area is 203 Å². The molecule has 0 aliphatic carbocycles. The molecular weight excluding hydrogens is 424 g/mol. The van der Waals surface area contributed by atoms with Crippen molar-refractivity contribution in [3.05, 3.63) is 95.1 Å². The summed E-state index contributed by atoms with van der Waals surface area (Å²) in [7, 11) is 0. The zero-order chi connectivity index (χ0) is 22.4. The largest absolute Gasteiger partial charge is 0.126 e. The Kier molecular flexibility index (Phi) is 10.8. The van der Waals surface area contributed by atoms with Gasteiger partial charge in [-0.15, -0.1) is 23.5 Å². The van der Waals surface area contributed by atoms with E-state index >= 15 is 0 Å². The van der Waals surface area contributed by atoms with Crippen LogP contribution < -0.4 is 0 Å². The maximum Gasteiger partial charge on any atom is 0.00723 e. The summed E-state index contributed by atoms with van der Waals surface area (Å²) >= 11 is 3.89. The normalized spacial score (nSPS) is 11.6. The van der Waals surface area contributed by atoms with Crippen LogP contribution >= 0.6 is 23.5 Å². The maximum absolute atomic E-state index is 2.24. The fraction of sp³-hybridized carbons (Fsp3) is 0.267. The van der Waals surface area contributed by atoms with Crippen molar-refractivity contribution in [1.82, 2.24) is 0 Å². The van der Waals surface area contributed by atoms with Gasteiger partial charge in [-0.05, 0) is 70.9 Å². The minimum absolute atomic E-state index is 1.20. The van der Waals surface area contributed by atoms with E-state index in [9.17, 15) is 0 Å². The fourth-order valence-electron chi connectivity index (χ4n) is 3.12. The van der Waals surface area contributed by atoms with Crippen LogP contribution in [-0.4, -0.2) is 11.5 Å². The second kappa shape index (κ2) is 14.1. The average molecular weight is 459 g/mol. The first kappa shape index (κ1) is 24.5. The molecule has 3 rings (SSSR count). The van der Waals surface area contributed by atoms with E-state index in [0.29, 0.717) is 0 Å². The molecule has 0 N–H and O–H groups in total. The highest BCUT2D eigenvalue weighted by molar-refractivity contribution is 7.99. The summed E-state index contributed by atoms with van der Waals surface area (Å²) < 4.78 is 0. The lowest BCUT2D eigenvalue weighted by atomic mass is 10.1. The Morgan fingerprint density at radius 1 is 0.469 bits per heavy atom. The molecule has 0 heterocycles. The maximum atomic E-state index is 2.24. The van der Waals surface area contributed by atoms with Gasteiger partial charge in [0.15, 0.2) is 0 Å². The molecule has 0 aromatic heterocycles. The van der Waals surface area contributed by atoms with Crippen molar-refractivity contribution in [2.24, 2.45) is 0 Å². The molecule has 32 heavy (non-hydrogen) atoms. The van der Waals surface area contributed by atoms with Crippen LogP contribution in [0.15, 0.2) is 82.6 Å². The van der Waals surface area contributed by atoms with Gasteiger partial charge in [-0.3, -0.25) is 0 Å². The van der Waals surface area contributed by atoms with Gasteiger partial charge in [0.2, 0.25) is 0 Å². The van der Waals surface area contributed by atoms with Gasteiger partial charge in [-0.1, -0.05) is 99.5 Å². The Balaban J connectivity index is 1.51. The van der Waals surface area contributed by atoms with Crippen molar-refractivity contribution in [2.45, 2.75) is 49.3 Å². The predicted molar refractivity (Wildman–Crippen MR) is 148 cm³/mol. The molecule has 3 aromatic carbocycles. The van der Waals surface area contributed by atoms with Crippen LogP contribution in [0.2, 0.25) is 0 Å². The van der Waals surface area contributed by atoms with E-state index in [1.807, 2.05) is 23.5 Å². The van der Waals surface area contributed by atoms with Gasteiger partial charge in [0.25, 0.3) is 0 Å². The van der Waals surface area contributed by atoms with Gasteiger partial charge >= 0.3 is 0 Å². The molecule has 0 amide bonds. The van der Waals surface area contributed by atoms with Crippen molar-refractivity contribution in [3.8, 4) is 0 Å². The molecule has 166 valence electrons. The van der Waals surface area contributed by atoms with Crippen LogP contribution in [0.4, 0.5) is 0 Å². The molecule has 0 saturated carbocycles. The van der Waals surface area contributed by atoms with E-state index in [-0.39, 0.29) is 0 Å². The summed E-state index contributed by atoms with van der Waals surface area (Å²) in [6.45, 7) is 4.48. The van der Waals surface area contributed by atoms with Crippen LogP contribution in [0, 0.1) is 0 Å². The molecule has 3 aromatic rings. The monoisotopic (exact) mass is 458 g/mol. The summed E-state index contributed by atoms with van der Waals surface area (Å²) in [4.78, 5) is 2.72. The molecule has 0 nitrogen and oxygen atoms in total. The van der Waals surface area contributed by atoms with Crippen LogP contribution in [0.25, 0.3) is 24.3 Å². The molecule has 0 bridgehead atoms. The molecule has 0 fully saturated rings. The average Bonchev–Trinajstić information content (AvgIpc) is 2.84. The molecule has 0 aliphatic rings. The number of unbranched alkanes of at least 4 members (excludes halogenated alkanes) is 2. The lowest BCUT2D eigenvalue weighted by molar-refractivity contribution is 0.896. The summed E-state index contributed by atoms with van der Waals surface area (Å²) in [5.41, 5.74) is 4.92. The van der Waals surface area contributed by atoms with Crippen LogP contribution in [0.1, 0.15) is 61.8 Å². The van der Waals surface area contributed by atoms with Crippen molar-refractivity contribution in [3.63, 3.8) is 0 Å². The number of rotatable bonds is 12. The second-order valence-electron chi connectivity index (χ2n) is 7.88. The number of hydrogen-bond acceptors (Lipinski definition) is 2.